The standard InChI is InChI=1S/C21H34O2/c1-20(23)11-9-15-14(13-20)7-8-17-16(15)10-12-21(2)18(17)5-3-4-6-19(21)22/h14-18,23H,3-13H2,1-2H3/t14-,15+,16-,17-,18+,20-,21+/m1/s1. The second kappa shape index (κ2) is 5.58. The van der Waals surface area contributed by atoms with Gasteiger partial charge in [-0.15, -0.1) is 0 Å². The first-order chi connectivity index (χ1) is 10.9. The second-order valence-corrected chi connectivity index (χ2v) is 9.80. The summed E-state index contributed by atoms with van der Waals surface area (Å²) in [6.45, 7) is 4.34. The Hall–Kier alpha value is -0.370. The predicted molar refractivity (Wildman–Crippen MR) is 92.0 cm³/mol. The molecule has 0 aliphatic heterocycles. The molecule has 0 amide bonds. The molecular formula is C21H34O2. The summed E-state index contributed by atoms with van der Waals surface area (Å²) in [5.41, 5.74) is -0.430. The number of hydrogen-bond donors (Lipinski definition) is 1. The van der Waals surface area contributed by atoms with E-state index in [0.29, 0.717) is 11.7 Å². The molecule has 0 saturated heterocycles. The van der Waals surface area contributed by atoms with E-state index in [4.69, 9.17) is 0 Å². The van der Waals surface area contributed by atoms with Crippen molar-refractivity contribution in [2.75, 3.05) is 0 Å². The molecule has 0 aromatic carbocycles. The van der Waals surface area contributed by atoms with E-state index in [2.05, 4.69) is 6.92 Å². The van der Waals surface area contributed by atoms with Gasteiger partial charge < -0.3 is 5.11 Å². The molecule has 4 rings (SSSR count). The van der Waals surface area contributed by atoms with Crippen molar-refractivity contribution in [3.8, 4) is 0 Å². The maximum atomic E-state index is 12.8. The summed E-state index contributed by atoms with van der Waals surface area (Å²) in [5, 5.41) is 10.5. The quantitative estimate of drug-likeness (QED) is 0.700. The monoisotopic (exact) mass is 318 g/mol. The van der Waals surface area contributed by atoms with Gasteiger partial charge in [0.2, 0.25) is 0 Å². The fourth-order valence-electron chi connectivity index (χ4n) is 7.22. The van der Waals surface area contributed by atoms with Crippen LogP contribution in [0, 0.1) is 35.0 Å². The van der Waals surface area contributed by atoms with E-state index in [1.165, 1.54) is 38.5 Å². The lowest BCUT2D eigenvalue weighted by Crippen LogP contribution is -2.52. The van der Waals surface area contributed by atoms with Crippen LogP contribution >= 0.6 is 0 Å². The van der Waals surface area contributed by atoms with Gasteiger partial charge >= 0.3 is 0 Å². The second-order valence-electron chi connectivity index (χ2n) is 9.80. The van der Waals surface area contributed by atoms with Crippen LogP contribution in [0.5, 0.6) is 0 Å². The SMILES string of the molecule is C[C@@]1(O)CC[C@H]2[C@H](CC[C@@H]3[C@@H]2CC[C@]2(C)C(=O)CCCC[C@@H]32)C1. The summed E-state index contributed by atoms with van der Waals surface area (Å²) < 4.78 is 0. The van der Waals surface area contributed by atoms with Gasteiger partial charge in [0, 0.05) is 11.8 Å². The first-order valence-corrected chi connectivity index (χ1v) is 10.2. The smallest absolute Gasteiger partial charge is 0.139 e. The van der Waals surface area contributed by atoms with Gasteiger partial charge in [-0.2, -0.15) is 0 Å². The first kappa shape index (κ1) is 16.1. The molecule has 0 heterocycles. The van der Waals surface area contributed by atoms with Crippen LogP contribution < -0.4 is 0 Å². The Bertz CT molecular complexity index is 482. The molecule has 4 fully saturated rings. The molecule has 23 heavy (non-hydrogen) atoms. The largest absolute Gasteiger partial charge is 0.390 e. The van der Waals surface area contributed by atoms with Gasteiger partial charge in [0.1, 0.15) is 5.78 Å². The Morgan fingerprint density at radius 3 is 2.52 bits per heavy atom. The molecule has 2 heteroatoms. The Morgan fingerprint density at radius 1 is 0.913 bits per heavy atom. The van der Waals surface area contributed by atoms with Crippen molar-refractivity contribution in [1.29, 1.82) is 0 Å². The van der Waals surface area contributed by atoms with Crippen LogP contribution in [0.15, 0.2) is 0 Å². The number of fused-ring (bicyclic) bond motifs is 5. The molecule has 1 N–H and O–H groups in total. The molecule has 0 unspecified atom stereocenters. The van der Waals surface area contributed by atoms with Crippen molar-refractivity contribution in [2.45, 2.75) is 90.1 Å². The highest BCUT2D eigenvalue weighted by atomic mass is 16.3. The lowest BCUT2D eigenvalue weighted by atomic mass is 9.48. The summed E-state index contributed by atoms with van der Waals surface area (Å²) in [4.78, 5) is 12.8. The van der Waals surface area contributed by atoms with Gasteiger partial charge in [-0.1, -0.05) is 13.3 Å². The Labute approximate surface area is 141 Å². The highest BCUT2D eigenvalue weighted by Crippen LogP contribution is 2.60. The fourth-order valence-corrected chi connectivity index (χ4v) is 7.22. The summed E-state index contributed by atoms with van der Waals surface area (Å²) >= 11 is 0. The lowest BCUT2D eigenvalue weighted by molar-refractivity contribution is -0.142. The molecule has 7 atom stereocenters. The van der Waals surface area contributed by atoms with Gasteiger partial charge in [-0.3, -0.25) is 4.79 Å². The Kier molecular flexibility index (Phi) is 3.91. The van der Waals surface area contributed by atoms with Crippen molar-refractivity contribution in [3.05, 3.63) is 0 Å². The summed E-state index contributed by atoms with van der Waals surface area (Å²) in [6, 6.07) is 0. The van der Waals surface area contributed by atoms with E-state index in [0.717, 1.165) is 55.8 Å². The van der Waals surface area contributed by atoms with Gasteiger partial charge in [-0.25, -0.2) is 0 Å². The lowest BCUT2D eigenvalue weighted by Gasteiger charge is -2.57. The molecule has 130 valence electrons. The molecule has 0 radical (unpaired) electrons. The van der Waals surface area contributed by atoms with Crippen LogP contribution in [0.1, 0.15) is 84.5 Å². The minimum atomic E-state index is -0.421. The third-order valence-electron chi connectivity index (χ3n) is 8.43. The van der Waals surface area contributed by atoms with Gasteiger partial charge in [-0.05, 0) is 94.3 Å². The zero-order valence-corrected chi connectivity index (χ0v) is 15.0. The minimum Gasteiger partial charge on any atom is -0.390 e. The summed E-state index contributed by atoms with van der Waals surface area (Å²) in [6.07, 6.45) is 12.7. The van der Waals surface area contributed by atoms with Gasteiger partial charge in [0.25, 0.3) is 0 Å². The van der Waals surface area contributed by atoms with Crippen molar-refractivity contribution < 1.29 is 9.90 Å². The maximum absolute atomic E-state index is 12.8. The molecule has 0 spiro atoms. The van der Waals surface area contributed by atoms with E-state index in [1.54, 1.807) is 0 Å². The molecule has 0 aromatic rings. The number of ketones is 1. The number of rotatable bonds is 0. The van der Waals surface area contributed by atoms with E-state index < -0.39 is 5.60 Å². The van der Waals surface area contributed by atoms with Crippen LogP contribution in [-0.4, -0.2) is 16.5 Å². The number of carbonyl (C=O) groups excluding carboxylic acids is 1. The van der Waals surface area contributed by atoms with Crippen LogP contribution in [0.3, 0.4) is 0 Å². The van der Waals surface area contributed by atoms with Crippen molar-refractivity contribution in [3.63, 3.8) is 0 Å². The van der Waals surface area contributed by atoms with Crippen molar-refractivity contribution in [2.24, 2.45) is 35.0 Å². The predicted octanol–water partition coefficient (Wildman–Crippen LogP) is 4.74. The van der Waals surface area contributed by atoms with Gasteiger partial charge in [0.05, 0.1) is 5.60 Å². The highest BCUT2D eigenvalue weighted by Gasteiger charge is 2.55. The molecule has 0 aromatic heterocycles. The van der Waals surface area contributed by atoms with Gasteiger partial charge in [0.15, 0.2) is 0 Å². The van der Waals surface area contributed by atoms with Crippen LogP contribution in [0.4, 0.5) is 0 Å². The zero-order valence-electron chi connectivity index (χ0n) is 15.0. The normalized spacial score (nSPS) is 53.7. The van der Waals surface area contributed by atoms with Crippen LogP contribution in [0.2, 0.25) is 0 Å². The van der Waals surface area contributed by atoms with Crippen molar-refractivity contribution in [1.82, 2.24) is 0 Å². The number of aliphatic hydroxyl groups is 1. The highest BCUT2D eigenvalue weighted by molar-refractivity contribution is 5.85. The molecule has 4 aliphatic rings. The van der Waals surface area contributed by atoms with Crippen molar-refractivity contribution >= 4 is 5.78 Å². The first-order valence-electron chi connectivity index (χ1n) is 10.2. The molecular weight excluding hydrogens is 284 g/mol. The van der Waals surface area contributed by atoms with E-state index in [9.17, 15) is 9.90 Å². The van der Waals surface area contributed by atoms with E-state index >= 15 is 0 Å². The van der Waals surface area contributed by atoms with E-state index in [1.807, 2.05) is 6.92 Å². The minimum absolute atomic E-state index is 0.00926. The fraction of sp³-hybridized carbons (Fsp3) is 0.952. The Morgan fingerprint density at radius 2 is 1.70 bits per heavy atom. The Balaban J connectivity index is 1.58. The zero-order chi connectivity index (χ0) is 16.2. The third-order valence-corrected chi connectivity index (χ3v) is 8.43. The molecule has 2 nitrogen and oxygen atoms in total. The third kappa shape index (κ3) is 2.60. The average Bonchev–Trinajstić information content (AvgIpc) is 2.65. The topological polar surface area (TPSA) is 37.3 Å². The number of hydrogen-bond acceptors (Lipinski definition) is 2. The molecule has 4 saturated carbocycles. The number of Topliss-reactive ketones (excluding diaryl/α,β-unsaturated/α-hetero) is 1. The average molecular weight is 319 g/mol. The molecule has 0 bridgehead atoms. The molecule has 4 aliphatic carbocycles. The maximum Gasteiger partial charge on any atom is 0.139 e. The van der Waals surface area contributed by atoms with Crippen LogP contribution in [-0.2, 0) is 4.79 Å². The van der Waals surface area contributed by atoms with E-state index in [-0.39, 0.29) is 5.41 Å². The summed E-state index contributed by atoms with van der Waals surface area (Å²) in [7, 11) is 0. The summed E-state index contributed by atoms with van der Waals surface area (Å²) in [5.74, 6) is 4.43. The number of carbonyl (C=O) groups is 1. The van der Waals surface area contributed by atoms with Crippen LogP contribution in [0.25, 0.3) is 0 Å².